The molecule has 1 aliphatic carbocycles. The largest absolute Gasteiger partial charge is 0.352 e. The maximum atomic E-state index is 11.4. The molecule has 1 saturated carbocycles. The third kappa shape index (κ3) is 8.68. The minimum atomic E-state index is 0.161. The normalized spacial score (nSPS) is 14.7. The van der Waals surface area contributed by atoms with Crippen molar-refractivity contribution < 1.29 is 4.79 Å². The summed E-state index contributed by atoms with van der Waals surface area (Å²) in [5, 5.41) is 2.98. The zero-order valence-corrected chi connectivity index (χ0v) is 11.4. The fraction of sp³-hybridized carbons (Fsp3) is 0.917. The van der Waals surface area contributed by atoms with Gasteiger partial charge < -0.3 is 10.2 Å². The van der Waals surface area contributed by atoms with Crippen molar-refractivity contribution >= 4 is 5.91 Å². The molecule has 1 amide bonds. The first kappa shape index (κ1) is 15.4. The lowest BCUT2D eigenvalue weighted by Crippen LogP contribution is -2.38. The topological polar surface area (TPSA) is 35.6 Å². The molecule has 0 bridgehead atoms. The molecule has 0 aromatic heterocycles. The molecule has 0 radical (unpaired) electrons. The van der Waals surface area contributed by atoms with Crippen LogP contribution in [0.1, 0.15) is 26.7 Å². The van der Waals surface area contributed by atoms with Crippen molar-refractivity contribution in [3.63, 3.8) is 0 Å². The third-order valence-corrected chi connectivity index (χ3v) is 2.28. The van der Waals surface area contributed by atoms with E-state index in [1.54, 1.807) is 0 Å². The van der Waals surface area contributed by atoms with Crippen molar-refractivity contribution in [2.75, 3.05) is 40.8 Å². The molecule has 0 aromatic rings. The van der Waals surface area contributed by atoms with Crippen LogP contribution in [0.25, 0.3) is 0 Å². The third-order valence-electron chi connectivity index (χ3n) is 2.28. The highest BCUT2D eigenvalue weighted by atomic mass is 16.2. The van der Waals surface area contributed by atoms with E-state index < -0.39 is 0 Å². The van der Waals surface area contributed by atoms with E-state index in [0.29, 0.717) is 12.6 Å². The summed E-state index contributed by atoms with van der Waals surface area (Å²) >= 11 is 0. The molecule has 4 nitrogen and oxygen atoms in total. The van der Waals surface area contributed by atoms with Gasteiger partial charge in [-0.15, -0.1) is 0 Å². The van der Waals surface area contributed by atoms with Crippen LogP contribution in [0.4, 0.5) is 0 Å². The van der Waals surface area contributed by atoms with Crippen LogP contribution in [0.2, 0.25) is 0 Å². The molecule has 1 aliphatic rings. The first-order valence-corrected chi connectivity index (χ1v) is 6.20. The van der Waals surface area contributed by atoms with E-state index in [9.17, 15) is 4.79 Å². The lowest BCUT2D eigenvalue weighted by atomic mass is 10.4. The molecule has 4 heteroatoms. The first-order valence-electron chi connectivity index (χ1n) is 6.20. The molecule has 1 N–H and O–H groups in total. The molecule has 0 atom stereocenters. The maximum absolute atomic E-state index is 11.4. The van der Waals surface area contributed by atoms with Gasteiger partial charge in [-0.05, 0) is 34.0 Å². The van der Waals surface area contributed by atoms with Gasteiger partial charge in [0.05, 0.1) is 6.54 Å². The predicted molar refractivity (Wildman–Crippen MR) is 68.6 cm³/mol. The predicted octanol–water partition coefficient (Wildman–Crippen LogP) is 0.785. The average molecular weight is 229 g/mol. The number of hydrogen-bond donors (Lipinski definition) is 1. The van der Waals surface area contributed by atoms with E-state index in [-0.39, 0.29) is 5.91 Å². The zero-order valence-electron chi connectivity index (χ0n) is 11.4. The number of nitrogens with one attached hydrogen (secondary N) is 1. The Hall–Kier alpha value is -0.610. The Bertz CT molecular complexity index is 191. The average Bonchev–Trinajstić information content (AvgIpc) is 3.01. The van der Waals surface area contributed by atoms with Gasteiger partial charge in [-0.1, -0.05) is 13.8 Å². The summed E-state index contributed by atoms with van der Waals surface area (Å²) in [6.07, 6.45) is 2.32. The quantitative estimate of drug-likeness (QED) is 0.731. The number of carbonyl (C=O) groups is 1. The van der Waals surface area contributed by atoms with E-state index >= 15 is 0 Å². The van der Waals surface area contributed by atoms with Crippen molar-refractivity contribution in [3.8, 4) is 0 Å². The van der Waals surface area contributed by atoms with Crippen molar-refractivity contribution in [2.24, 2.45) is 0 Å². The Morgan fingerprint density at radius 2 is 1.75 bits per heavy atom. The highest BCUT2D eigenvalue weighted by Crippen LogP contribution is 2.18. The number of nitrogens with zero attached hydrogens (tertiary/aromatic N) is 2. The lowest BCUT2D eigenvalue weighted by Gasteiger charge is -2.18. The molecule has 96 valence electrons. The van der Waals surface area contributed by atoms with Crippen LogP contribution in [0.5, 0.6) is 0 Å². The van der Waals surface area contributed by atoms with E-state index in [1.165, 1.54) is 0 Å². The molecule has 0 unspecified atom stereocenters. The molecular weight excluding hydrogens is 202 g/mol. The van der Waals surface area contributed by atoms with Gasteiger partial charge in [0, 0.05) is 19.1 Å². The summed E-state index contributed by atoms with van der Waals surface area (Å²) < 4.78 is 0. The van der Waals surface area contributed by atoms with Gasteiger partial charge in [0.2, 0.25) is 5.91 Å². The molecule has 1 rings (SSSR count). The molecule has 0 aliphatic heterocycles. The van der Waals surface area contributed by atoms with Crippen molar-refractivity contribution in [2.45, 2.75) is 32.7 Å². The fourth-order valence-corrected chi connectivity index (χ4v) is 1.20. The SMILES string of the molecule is CC.CN(C)CCN(C)CC(=O)NC1CC1. The summed E-state index contributed by atoms with van der Waals surface area (Å²) in [5.74, 6) is 0.161. The van der Waals surface area contributed by atoms with Crippen LogP contribution in [-0.4, -0.2) is 62.5 Å². The van der Waals surface area contributed by atoms with E-state index in [2.05, 4.69) is 15.1 Å². The number of amides is 1. The second-order valence-electron chi connectivity index (χ2n) is 4.38. The van der Waals surface area contributed by atoms with Crippen LogP contribution in [-0.2, 0) is 4.79 Å². The Balaban J connectivity index is 0.00000106. The number of rotatable bonds is 6. The van der Waals surface area contributed by atoms with Crippen molar-refractivity contribution in [1.29, 1.82) is 0 Å². The lowest BCUT2D eigenvalue weighted by molar-refractivity contribution is -0.122. The minimum Gasteiger partial charge on any atom is -0.352 e. The highest BCUT2D eigenvalue weighted by molar-refractivity contribution is 5.78. The first-order chi connectivity index (χ1) is 7.58. The second kappa shape index (κ2) is 8.53. The van der Waals surface area contributed by atoms with Gasteiger partial charge in [0.25, 0.3) is 0 Å². The van der Waals surface area contributed by atoms with E-state index in [4.69, 9.17) is 0 Å². The van der Waals surface area contributed by atoms with Gasteiger partial charge in [-0.25, -0.2) is 0 Å². The second-order valence-corrected chi connectivity index (χ2v) is 4.38. The monoisotopic (exact) mass is 229 g/mol. The number of likely N-dealkylation sites (N-methyl/N-ethyl adjacent to an activating group) is 2. The van der Waals surface area contributed by atoms with E-state index in [0.717, 1.165) is 25.9 Å². The summed E-state index contributed by atoms with van der Waals surface area (Å²) in [6, 6.07) is 0.477. The highest BCUT2D eigenvalue weighted by Gasteiger charge is 2.23. The van der Waals surface area contributed by atoms with Crippen molar-refractivity contribution in [3.05, 3.63) is 0 Å². The molecular formula is C12H27N3O. The van der Waals surface area contributed by atoms with Gasteiger partial charge >= 0.3 is 0 Å². The maximum Gasteiger partial charge on any atom is 0.234 e. The summed E-state index contributed by atoms with van der Waals surface area (Å²) in [5.41, 5.74) is 0. The minimum absolute atomic E-state index is 0.161. The molecule has 0 aromatic carbocycles. The fourth-order valence-electron chi connectivity index (χ4n) is 1.20. The van der Waals surface area contributed by atoms with Gasteiger partial charge in [-0.3, -0.25) is 9.69 Å². The van der Waals surface area contributed by atoms with Crippen LogP contribution < -0.4 is 5.32 Å². The van der Waals surface area contributed by atoms with Gasteiger partial charge in [0.15, 0.2) is 0 Å². The number of carbonyl (C=O) groups excluding carboxylic acids is 1. The Morgan fingerprint density at radius 3 is 2.19 bits per heavy atom. The van der Waals surface area contributed by atoms with E-state index in [1.807, 2.05) is 35.0 Å². The summed E-state index contributed by atoms with van der Waals surface area (Å²) in [7, 11) is 6.06. The molecule has 0 spiro atoms. The zero-order chi connectivity index (χ0) is 12.6. The van der Waals surface area contributed by atoms with Gasteiger partial charge in [0.1, 0.15) is 0 Å². The van der Waals surface area contributed by atoms with Crippen LogP contribution in [0, 0.1) is 0 Å². The Labute approximate surface area is 100.0 Å². The standard InChI is InChI=1S/C10H21N3O.C2H6/c1-12(2)6-7-13(3)8-10(14)11-9-4-5-9;1-2/h9H,4-8H2,1-3H3,(H,11,14);1-2H3. The number of hydrogen-bond acceptors (Lipinski definition) is 3. The van der Waals surface area contributed by atoms with Crippen LogP contribution in [0.3, 0.4) is 0 Å². The summed E-state index contributed by atoms with van der Waals surface area (Å²) in [6.45, 7) is 6.45. The van der Waals surface area contributed by atoms with Crippen LogP contribution >= 0.6 is 0 Å². The molecule has 16 heavy (non-hydrogen) atoms. The van der Waals surface area contributed by atoms with Gasteiger partial charge in [-0.2, -0.15) is 0 Å². The van der Waals surface area contributed by atoms with Crippen LogP contribution in [0.15, 0.2) is 0 Å². The Morgan fingerprint density at radius 1 is 1.19 bits per heavy atom. The molecule has 0 heterocycles. The summed E-state index contributed by atoms with van der Waals surface area (Å²) in [4.78, 5) is 15.6. The van der Waals surface area contributed by atoms with Crippen molar-refractivity contribution in [1.82, 2.24) is 15.1 Å². The smallest absolute Gasteiger partial charge is 0.234 e. The molecule has 0 saturated heterocycles. The Kier molecular flexibility index (Phi) is 8.21. The molecule has 1 fully saturated rings.